The Morgan fingerprint density at radius 2 is 2.11 bits per heavy atom. The SMILES string of the molecule is Cc1cc(S(=O)Cc2cncc(F)c2)ccc1N. The number of nitrogens with two attached hydrogens (primary N) is 1. The fourth-order valence-corrected chi connectivity index (χ4v) is 2.71. The van der Waals surface area contributed by atoms with Gasteiger partial charge in [-0.25, -0.2) is 4.39 Å². The Morgan fingerprint density at radius 3 is 2.78 bits per heavy atom. The van der Waals surface area contributed by atoms with Gasteiger partial charge in [-0.3, -0.25) is 9.19 Å². The van der Waals surface area contributed by atoms with Gasteiger partial charge >= 0.3 is 0 Å². The average molecular weight is 264 g/mol. The highest BCUT2D eigenvalue weighted by Gasteiger charge is 2.07. The van der Waals surface area contributed by atoms with E-state index in [-0.39, 0.29) is 5.75 Å². The van der Waals surface area contributed by atoms with Crippen molar-refractivity contribution in [2.24, 2.45) is 0 Å². The second-order valence-corrected chi connectivity index (χ2v) is 5.47. The minimum absolute atomic E-state index is 0.244. The maximum Gasteiger partial charge on any atom is 0.141 e. The Balaban J connectivity index is 2.19. The molecule has 0 aliphatic carbocycles. The van der Waals surface area contributed by atoms with Gasteiger partial charge in [0, 0.05) is 16.8 Å². The van der Waals surface area contributed by atoms with Crippen LogP contribution in [0.1, 0.15) is 11.1 Å². The van der Waals surface area contributed by atoms with Crippen LogP contribution in [0, 0.1) is 12.7 Å². The summed E-state index contributed by atoms with van der Waals surface area (Å²) in [4.78, 5) is 4.42. The van der Waals surface area contributed by atoms with Crippen molar-refractivity contribution in [1.29, 1.82) is 0 Å². The lowest BCUT2D eigenvalue weighted by Gasteiger charge is -2.05. The van der Waals surface area contributed by atoms with Gasteiger partial charge in [0.25, 0.3) is 0 Å². The number of nitrogens with zero attached hydrogens (tertiary/aromatic N) is 1. The molecule has 1 aromatic carbocycles. The highest BCUT2D eigenvalue weighted by atomic mass is 32.2. The molecule has 3 nitrogen and oxygen atoms in total. The van der Waals surface area contributed by atoms with Crippen molar-refractivity contribution in [3.8, 4) is 0 Å². The normalized spacial score (nSPS) is 12.3. The van der Waals surface area contributed by atoms with E-state index in [1.54, 1.807) is 18.2 Å². The molecule has 2 rings (SSSR count). The van der Waals surface area contributed by atoms with Crippen molar-refractivity contribution in [3.05, 3.63) is 53.6 Å². The van der Waals surface area contributed by atoms with Crippen molar-refractivity contribution in [1.82, 2.24) is 4.98 Å². The molecule has 94 valence electrons. The van der Waals surface area contributed by atoms with E-state index >= 15 is 0 Å². The first kappa shape index (κ1) is 12.7. The number of aryl methyl sites for hydroxylation is 1. The molecule has 2 N–H and O–H groups in total. The van der Waals surface area contributed by atoms with Crippen LogP contribution in [-0.4, -0.2) is 9.19 Å². The summed E-state index contributed by atoms with van der Waals surface area (Å²) < 4.78 is 25.1. The largest absolute Gasteiger partial charge is 0.399 e. The average Bonchev–Trinajstić information content (AvgIpc) is 2.32. The number of aromatic nitrogens is 1. The van der Waals surface area contributed by atoms with Gasteiger partial charge in [0.1, 0.15) is 5.82 Å². The maximum absolute atomic E-state index is 13.0. The first-order chi connectivity index (χ1) is 8.56. The van der Waals surface area contributed by atoms with Crippen molar-refractivity contribution >= 4 is 16.5 Å². The van der Waals surface area contributed by atoms with Crippen LogP contribution in [0.2, 0.25) is 0 Å². The molecular weight excluding hydrogens is 251 g/mol. The molecule has 0 spiro atoms. The zero-order valence-electron chi connectivity index (χ0n) is 9.89. The molecule has 0 aliphatic heterocycles. The molecule has 1 heterocycles. The van der Waals surface area contributed by atoms with Crippen molar-refractivity contribution in [2.75, 3.05) is 5.73 Å². The first-order valence-electron chi connectivity index (χ1n) is 5.40. The zero-order valence-corrected chi connectivity index (χ0v) is 10.7. The Labute approximate surface area is 107 Å². The smallest absolute Gasteiger partial charge is 0.141 e. The lowest BCUT2D eigenvalue weighted by atomic mass is 10.2. The molecule has 0 radical (unpaired) electrons. The molecule has 1 unspecified atom stereocenters. The summed E-state index contributed by atoms with van der Waals surface area (Å²) in [5.41, 5.74) is 7.87. The molecule has 0 saturated heterocycles. The molecule has 0 aliphatic rings. The predicted octanol–water partition coefficient (Wildman–Crippen LogP) is 2.42. The second-order valence-electron chi connectivity index (χ2n) is 4.02. The van der Waals surface area contributed by atoms with Crippen LogP contribution in [0.4, 0.5) is 10.1 Å². The van der Waals surface area contributed by atoms with E-state index < -0.39 is 16.6 Å². The van der Waals surface area contributed by atoms with Gasteiger partial charge in [0.15, 0.2) is 0 Å². The molecule has 0 bridgehead atoms. The van der Waals surface area contributed by atoms with E-state index in [0.29, 0.717) is 16.1 Å². The number of benzene rings is 1. The summed E-state index contributed by atoms with van der Waals surface area (Å²) in [6.45, 7) is 1.86. The van der Waals surface area contributed by atoms with Gasteiger partial charge in [-0.1, -0.05) is 0 Å². The van der Waals surface area contributed by atoms with E-state index in [9.17, 15) is 8.60 Å². The highest BCUT2D eigenvalue weighted by Crippen LogP contribution is 2.18. The topological polar surface area (TPSA) is 56.0 Å². The van der Waals surface area contributed by atoms with Crippen LogP contribution in [0.15, 0.2) is 41.6 Å². The van der Waals surface area contributed by atoms with E-state index in [0.717, 1.165) is 11.8 Å². The summed E-state index contributed by atoms with van der Waals surface area (Å²) in [5.74, 6) is -0.174. The lowest BCUT2D eigenvalue weighted by molar-refractivity contribution is 0.619. The minimum Gasteiger partial charge on any atom is -0.399 e. The van der Waals surface area contributed by atoms with Crippen LogP contribution in [-0.2, 0) is 16.6 Å². The molecule has 1 atom stereocenters. The Morgan fingerprint density at radius 1 is 1.33 bits per heavy atom. The standard InChI is InChI=1S/C13H13FN2OS/c1-9-4-12(2-3-13(9)15)18(17)8-10-5-11(14)7-16-6-10/h2-7H,8,15H2,1H3. The Bertz CT molecular complexity index is 601. The summed E-state index contributed by atoms with van der Waals surface area (Å²) in [6.07, 6.45) is 2.64. The quantitative estimate of drug-likeness (QED) is 0.866. The number of hydrogen-bond acceptors (Lipinski definition) is 3. The van der Waals surface area contributed by atoms with Gasteiger partial charge in [-0.05, 0) is 42.3 Å². The van der Waals surface area contributed by atoms with Gasteiger partial charge in [0.05, 0.1) is 22.7 Å². The predicted molar refractivity (Wildman–Crippen MR) is 69.9 cm³/mol. The number of rotatable bonds is 3. The molecule has 0 saturated carbocycles. The van der Waals surface area contributed by atoms with Gasteiger partial charge < -0.3 is 5.73 Å². The number of anilines is 1. The highest BCUT2D eigenvalue weighted by molar-refractivity contribution is 7.84. The molecule has 18 heavy (non-hydrogen) atoms. The lowest BCUT2D eigenvalue weighted by Crippen LogP contribution is -1.99. The zero-order chi connectivity index (χ0) is 13.1. The van der Waals surface area contributed by atoms with E-state index in [1.165, 1.54) is 12.3 Å². The van der Waals surface area contributed by atoms with Crippen LogP contribution < -0.4 is 5.73 Å². The van der Waals surface area contributed by atoms with Crippen molar-refractivity contribution in [2.45, 2.75) is 17.6 Å². The minimum atomic E-state index is -1.22. The van der Waals surface area contributed by atoms with Crippen LogP contribution in [0.5, 0.6) is 0 Å². The number of nitrogen functional groups attached to an aromatic ring is 1. The number of pyridine rings is 1. The van der Waals surface area contributed by atoms with Crippen LogP contribution >= 0.6 is 0 Å². The molecule has 2 aromatic rings. The Hall–Kier alpha value is -1.75. The Kier molecular flexibility index (Phi) is 3.72. The van der Waals surface area contributed by atoms with E-state index in [4.69, 9.17) is 5.73 Å². The number of halogens is 1. The molecule has 1 aromatic heterocycles. The molecular formula is C13H13FN2OS. The summed E-state index contributed by atoms with van der Waals surface area (Å²) in [7, 11) is -1.22. The van der Waals surface area contributed by atoms with Gasteiger partial charge in [0.2, 0.25) is 0 Å². The van der Waals surface area contributed by atoms with Crippen molar-refractivity contribution in [3.63, 3.8) is 0 Å². The van der Waals surface area contributed by atoms with Crippen LogP contribution in [0.3, 0.4) is 0 Å². The first-order valence-corrected chi connectivity index (χ1v) is 6.72. The molecule has 0 fully saturated rings. The molecule has 0 amide bonds. The third-order valence-electron chi connectivity index (χ3n) is 2.56. The summed E-state index contributed by atoms with van der Waals surface area (Å²) in [5, 5.41) is 0. The summed E-state index contributed by atoms with van der Waals surface area (Å²) in [6, 6.07) is 6.59. The monoisotopic (exact) mass is 264 g/mol. The van der Waals surface area contributed by atoms with E-state index in [1.807, 2.05) is 6.92 Å². The summed E-state index contributed by atoms with van der Waals surface area (Å²) >= 11 is 0. The van der Waals surface area contributed by atoms with Gasteiger partial charge in [-0.2, -0.15) is 0 Å². The second kappa shape index (κ2) is 5.27. The molecule has 5 heteroatoms. The fourth-order valence-electron chi connectivity index (χ4n) is 1.56. The van der Waals surface area contributed by atoms with Crippen LogP contribution in [0.25, 0.3) is 0 Å². The maximum atomic E-state index is 13.0. The third-order valence-corrected chi connectivity index (χ3v) is 3.94. The van der Waals surface area contributed by atoms with Crippen molar-refractivity contribution < 1.29 is 8.60 Å². The third kappa shape index (κ3) is 2.92. The number of hydrogen-bond donors (Lipinski definition) is 1. The fraction of sp³-hybridized carbons (Fsp3) is 0.154. The van der Waals surface area contributed by atoms with Gasteiger partial charge in [-0.15, -0.1) is 0 Å². The van der Waals surface area contributed by atoms with E-state index in [2.05, 4.69) is 4.98 Å².